The highest BCUT2D eigenvalue weighted by atomic mass is 16.5. The van der Waals surface area contributed by atoms with Gasteiger partial charge in [0, 0.05) is 17.6 Å². The Morgan fingerprint density at radius 3 is 3.05 bits per heavy atom. The molecule has 1 aromatic heterocycles. The Morgan fingerprint density at radius 2 is 2.32 bits per heavy atom. The first-order chi connectivity index (χ1) is 9.19. The van der Waals surface area contributed by atoms with Crippen LogP contribution in [0.25, 0.3) is 0 Å². The molecule has 3 N–H and O–H groups in total. The molecule has 0 bridgehead atoms. The largest absolute Gasteiger partial charge is 0.465 e. The highest BCUT2D eigenvalue weighted by Crippen LogP contribution is 2.16. The average Bonchev–Trinajstić information content (AvgIpc) is 2.39. The summed E-state index contributed by atoms with van der Waals surface area (Å²) in [5, 5.41) is 3.00. The van der Waals surface area contributed by atoms with Gasteiger partial charge < -0.3 is 15.8 Å². The summed E-state index contributed by atoms with van der Waals surface area (Å²) in [6, 6.07) is 7.22. The molecule has 92 valence electrons. The van der Waals surface area contributed by atoms with Crippen LogP contribution in [0.1, 0.15) is 0 Å². The maximum absolute atomic E-state index is 5.68. The summed E-state index contributed by atoms with van der Waals surface area (Å²) in [5.74, 6) is 2.95. The van der Waals surface area contributed by atoms with Crippen LogP contribution < -0.4 is 21.3 Å². The molecule has 0 saturated heterocycles. The van der Waals surface area contributed by atoms with E-state index in [0.29, 0.717) is 17.1 Å². The molecule has 2 aromatic rings. The Labute approximate surface area is 112 Å². The summed E-state index contributed by atoms with van der Waals surface area (Å²) in [6.07, 6.45) is 6.57. The number of nitrogens with one attached hydrogen (secondary N) is 1. The summed E-state index contributed by atoms with van der Waals surface area (Å²) in [6.45, 7) is 0.0962. The Balaban J connectivity index is 2.19. The Bertz CT molecular complexity index is 624. The van der Waals surface area contributed by atoms with Crippen LogP contribution in [0.5, 0.6) is 5.88 Å². The van der Waals surface area contributed by atoms with Gasteiger partial charge in [0.2, 0.25) is 11.8 Å². The topological polar surface area (TPSA) is 73.1 Å². The van der Waals surface area contributed by atoms with Crippen LogP contribution in [0.3, 0.4) is 0 Å². The number of terminal acetylenes is 1. The van der Waals surface area contributed by atoms with Crippen molar-refractivity contribution in [3.05, 3.63) is 30.5 Å². The number of hydrogen-bond acceptors (Lipinski definition) is 5. The minimum atomic E-state index is 0.0962. The van der Waals surface area contributed by atoms with E-state index < -0.39 is 0 Å². The Kier molecular flexibility index (Phi) is 3.89. The number of ether oxygens (including phenoxy) is 1. The van der Waals surface area contributed by atoms with Crippen molar-refractivity contribution in [3.8, 4) is 18.2 Å². The molecule has 0 atom stereocenters. The van der Waals surface area contributed by atoms with E-state index >= 15 is 0 Å². The van der Waals surface area contributed by atoms with Gasteiger partial charge in [-0.25, -0.2) is 4.98 Å². The lowest BCUT2D eigenvalue weighted by Gasteiger charge is -2.09. The monoisotopic (exact) mass is 250 g/mol. The standard InChI is InChI=1S/C13H11BN4O/c1-2-6-19-12-11(14)8-16-13(18-12)17-10-5-3-4-9(15)7-10/h1,3-5,7-8H,6,15H2,(H,16,17,18). The average molecular weight is 250 g/mol. The van der Waals surface area contributed by atoms with Crippen molar-refractivity contribution in [2.24, 2.45) is 0 Å². The van der Waals surface area contributed by atoms with Gasteiger partial charge in [0.1, 0.15) is 7.85 Å². The van der Waals surface area contributed by atoms with Crippen LogP contribution in [-0.4, -0.2) is 24.4 Å². The quantitative estimate of drug-likeness (QED) is 0.472. The lowest BCUT2D eigenvalue weighted by atomic mass is 10.0. The summed E-state index contributed by atoms with van der Waals surface area (Å²) in [4.78, 5) is 8.18. The summed E-state index contributed by atoms with van der Waals surface area (Å²) in [5.41, 5.74) is 7.43. The number of hydrogen-bond donors (Lipinski definition) is 2. The van der Waals surface area contributed by atoms with E-state index in [1.807, 2.05) is 12.1 Å². The molecular formula is C13H11BN4O. The molecule has 19 heavy (non-hydrogen) atoms. The number of benzene rings is 1. The molecule has 0 amide bonds. The van der Waals surface area contributed by atoms with Crippen LogP contribution in [-0.2, 0) is 0 Å². The number of anilines is 3. The van der Waals surface area contributed by atoms with Gasteiger partial charge >= 0.3 is 0 Å². The Morgan fingerprint density at radius 1 is 1.47 bits per heavy atom. The predicted octanol–water partition coefficient (Wildman–Crippen LogP) is 0.608. The molecule has 1 aromatic carbocycles. The summed E-state index contributed by atoms with van der Waals surface area (Å²) >= 11 is 0. The van der Waals surface area contributed by atoms with E-state index in [-0.39, 0.29) is 12.5 Å². The van der Waals surface area contributed by atoms with Crippen LogP contribution >= 0.6 is 0 Å². The Hall–Kier alpha value is -2.68. The SMILES string of the molecule is [B]c1cnc(Nc2cccc(N)c2)nc1OCC#C. The molecule has 0 aliphatic carbocycles. The molecule has 2 radical (unpaired) electrons. The zero-order valence-corrected chi connectivity index (χ0v) is 10.1. The molecule has 0 saturated carbocycles. The van der Waals surface area contributed by atoms with Crippen LogP contribution in [0.4, 0.5) is 17.3 Å². The minimum absolute atomic E-state index is 0.0962. The maximum Gasteiger partial charge on any atom is 0.230 e. The number of aromatic nitrogens is 2. The van der Waals surface area contributed by atoms with Gasteiger partial charge in [0.25, 0.3) is 0 Å². The van der Waals surface area contributed by atoms with Crippen molar-refractivity contribution in [1.82, 2.24) is 9.97 Å². The van der Waals surface area contributed by atoms with E-state index in [1.165, 1.54) is 6.20 Å². The molecule has 0 unspecified atom stereocenters. The number of nitrogens with zero attached hydrogens (tertiary/aromatic N) is 2. The van der Waals surface area contributed by atoms with E-state index in [2.05, 4.69) is 21.2 Å². The zero-order valence-electron chi connectivity index (χ0n) is 10.1. The van der Waals surface area contributed by atoms with Gasteiger partial charge in [-0.3, -0.25) is 0 Å². The van der Waals surface area contributed by atoms with Crippen LogP contribution in [0.15, 0.2) is 30.5 Å². The molecule has 0 aliphatic rings. The fourth-order valence-electron chi connectivity index (χ4n) is 1.41. The third-order valence-electron chi connectivity index (χ3n) is 2.22. The van der Waals surface area contributed by atoms with Gasteiger partial charge in [-0.15, -0.1) is 6.42 Å². The van der Waals surface area contributed by atoms with Crippen molar-refractivity contribution in [1.29, 1.82) is 0 Å². The van der Waals surface area contributed by atoms with Crippen LogP contribution in [0, 0.1) is 12.3 Å². The molecule has 5 nitrogen and oxygen atoms in total. The second kappa shape index (κ2) is 5.78. The van der Waals surface area contributed by atoms with E-state index in [9.17, 15) is 0 Å². The zero-order chi connectivity index (χ0) is 13.7. The molecule has 0 fully saturated rings. The molecule has 1 heterocycles. The predicted molar refractivity (Wildman–Crippen MR) is 75.9 cm³/mol. The molecule has 0 aliphatic heterocycles. The second-order valence-corrected chi connectivity index (χ2v) is 3.70. The normalized spacial score (nSPS) is 9.63. The van der Waals surface area contributed by atoms with Crippen molar-refractivity contribution < 1.29 is 4.74 Å². The third kappa shape index (κ3) is 3.39. The van der Waals surface area contributed by atoms with Crippen molar-refractivity contribution in [3.63, 3.8) is 0 Å². The van der Waals surface area contributed by atoms with Crippen molar-refractivity contribution >= 4 is 30.6 Å². The molecule has 6 heteroatoms. The van der Waals surface area contributed by atoms with E-state index in [4.69, 9.17) is 24.7 Å². The van der Waals surface area contributed by atoms with Gasteiger partial charge in [0.05, 0.1) is 0 Å². The highest BCUT2D eigenvalue weighted by Gasteiger charge is 2.04. The van der Waals surface area contributed by atoms with Gasteiger partial charge in [-0.1, -0.05) is 12.0 Å². The van der Waals surface area contributed by atoms with E-state index in [1.54, 1.807) is 12.1 Å². The molecule has 2 rings (SSSR count). The van der Waals surface area contributed by atoms with Gasteiger partial charge in [-0.2, -0.15) is 4.98 Å². The molecular weight excluding hydrogens is 239 g/mol. The van der Waals surface area contributed by atoms with Crippen molar-refractivity contribution in [2.75, 3.05) is 17.7 Å². The van der Waals surface area contributed by atoms with E-state index in [0.717, 1.165) is 5.69 Å². The first-order valence-corrected chi connectivity index (χ1v) is 5.50. The lowest BCUT2D eigenvalue weighted by Crippen LogP contribution is -2.14. The first kappa shape index (κ1) is 12.8. The fraction of sp³-hybridized carbons (Fsp3) is 0.0769. The molecule has 0 spiro atoms. The first-order valence-electron chi connectivity index (χ1n) is 5.50. The lowest BCUT2D eigenvalue weighted by molar-refractivity contribution is 0.359. The van der Waals surface area contributed by atoms with Gasteiger partial charge in [-0.05, 0) is 23.7 Å². The van der Waals surface area contributed by atoms with Gasteiger partial charge in [0.15, 0.2) is 6.61 Å². The second-order valence-electron chi connectivity index (χ2n) is 3.70. The fourth-order valence-corrected chi connectivity index (χ4v) is 1.41. The maximum atomic E-state index is 5.68. The number of nitrogen functional groups attached to an aromatic ring is 1. The summed E-state index contributed by atoms with van der Waals surface area (Å²) < 4.78 is 5.21. The smallest absolute Gasteiger partial charge is 0.230 e. The summed E-state index contributed by atoms with van der Waals surface area (Å²) in [7, 11) is 5.68. The number of nitrogens with two attached hydrogens (primary N) is 1. The third-order valence-corrected chi connectivity index (χ3v) is 2.22. The van der Waals surface area contributed by atoms with Crippen molar-refractivity contribution in [2.45, 2.75) is 0 Å². The van der Waals surface area contributed by atoms with Crippen LogP contribution in [0.2, 0.25) is 0 Å². The number of rotatable bonds is 4. The highest BCUT2D eigenvalue weighted by molar-refractivity contribution is 6.33. The minimum Gasteiger partial charge on any atom is -0.465 e.